The van der Waals surface area contributed by atoms with Crippen LogP contribution in [0.2, 0.25) is 0 Å². The molecule has 12 rings (SSSR count). The second-order valence-electron chi connectivity index (χ2n) is 14.4. The second kappa shape index (κ2) is 11.5. The summed E-state index contributed by atoms with van der Waals surface area (Å²) < 4.78 is 7.24. The zero-order valence-corrected chi connectivity index (χ0v) is 29.8. The van der Waals surface area contributed by atoms with E-state index in [9.17, 15) is 0 Å². The predicted octanol–water partition coefficient (Wildman–Crippen LogP) is 13.2. The van der Waals surface area contributed by atoms with Gasteiger partial charge in [0.05, 0.1) is 38.6 Å². The number of benzene rings is 8. The summed E-state index contributed by atoms with van der Waals surface area (Å²) in [7, 11) is 0. The highest BCUT2D eigenvalue weighted by Gasteiger charge is 2.23. The maximum atomic E-state index is 5.26. The molecule has 256 valence electrons. The van der Waals surface area contributed by atoms with Gasteiger partial charge in [-0.1, -0.05) is 127 Å². The number of aromatic nitrogens is 4. The minimum absolute atomic E-state index is 0.974. The van der Waals surface area contributed by atoms with Gasteiger partial charge in [-0.05, 0) is 89.0 Å². The highest BCUT2D eigenvalue weighted by molar-refractivity contribution is 6.22. The molecule has 0 saturated carbocycles. The summed E-state index contributed by atoms with van der Waals surface area (Å²) in [5.41, 5.74) is 16.0. The van der Waals surface area contributed by atoms with Crippen molar-refractivity contribution in [2.45, 2.75) is 0 Å². The van der Waals surface area contributed by atoms with Gasteiger partial charge in [0.2, 0.25) is 0 Å². The first-order valence-electron chi connectivity index (χ1n) is 18.8. The Morgan fingerprint density at radius 2 is 0.873 bits per heavy atom. The van der Waals surface area contributed by atoms with E-state index in [4.69, 9.17) is 4.98 Å². The summed E-state index contributed by atoms with van der Waals surface area (Å²) in [6, 6.07) is 70.2. The van der Waals surface area contributed by atoms with Gasteiger partial charge in [-0.25, -0.2) is 4.98 Å². The highest BCUT2D eigenvalue weighted by Crippen LogP contribution is 2.42. The largest absolute Gasteiger partial charge is 0.309 e. The number of hydrogen-bond donors (Lipinski definition) is 0. The fourth-order valence-electron chi connectivity index (χ4n) is 8.98. The molecule has 4 heterocycles. The van der Waals surface area contributed by atoms with Gasteiger partial charge in [0.15, 0.2) is 0 Å². The van der Waals surface area contributed by atoms with Crippen LogP contribution in [0.3, 0.4) is 0 Å². The van der Waals surface area contributed by atoms with Crippen LogP contribution in [0.4, 0.5) is 0 Å². The third kappa shape index (κ3) is 4.37. The number of para-hydroxylation sites is 4. The van der Waals surface area contributed by atoms with Crippen molar-refractivity contribution in [2.75, 3.05) is 0 Å². The van der Waals surface area contributed by atoms with Gasteiger partial charge in [0.1, 0.15) is 5.65 Å². The Kier molecular flexibility index (Phi) is 6.31. The van der Waals surface area contributed by atoms with Crippen LogP contribution in [0.25, 0.3) is 105 Å². The number of pyridine rings is 1. The summed E-state index contributed by atoms with van der Waals surface area (Å²) in [6.07, 6.45) is 0. The van der Waals surface area contributed by atoms with Crippen molar-refractivity contribution < 1.29 is 0 Å². The molecule has 0 atom stereocenters. The average molecular weight is 701 g/mol. The number of hydrogen-bond acceptors (Lipinski definition) is 1. The SMILES string of the molecule is c1ccc(-c2cccc(-n3c4ccc(-c5ccc6c(c5)c5ccccc5n6-c5ccccc5)cc4c4c3c3ccccc3c3nc5ccccc5n34)c2)cc1. The molecular formula is C51H32N4. The van der Waals surface area contributed by atoms with E-state index >= 15 is 0 Å². The van der Waals surface area contributed by atoms with Crippen molar-refractivity contribution in [1.82, 2.24) is 18.5 Å². The number of imidazole rings is 1. The number of fused-ring (bicyclic) bond motifs is 13. The number of rotatable bonds is 4. The van der Waals surface area contributed by atoms with Crippen LogP contribution < -0.4 is 0 Å². The smallest absolute Gasteiger partial charge is 0.146 e. The first-order chi connectivity index (χ1) is 27.3. The quantitative estimate of drug-likeness (QED) is 0.180. The van der Waals surface area contributed by atoms with Gasteiger partial charge < -0.3 is 9.13 Å². The minimum atomic E-state index is 0.974. The Labute approximate surface area is 316 Å². The van der Waals surface area contributed by atoms with Crippen LogP contribution in [0.15, 0.2) is 194 Å². The zero-order chi connectivity index (χ0) is 36.0. The Bertz CT molecular complexity index is 3480. The van der Waals surface area contributed by atoms with E-state index in [1.807, 2.05) is 0 Å². The summed E-state index contributed by atoms with van der Waals surface area (Å²) in [5.74, 6) is 0. The first kappa shape index (κ1) is 30.1. The molecule has 4 nitrogen and oxygen atoms in total. The topological polar surface area (TPSA) is 27.2 Å². The summed E-state index contributed by atoms with van der Waals surface area (Å²) in [4.78, 5) is 5.26. The van der Waals surface area contributed by atoms with Gasteiger partial charge in [0.25, 0.3) is 0 Å². The maximum Gasteiger partial charge on any atom is 0.146 e. The molecule has 0 saturated heterocycles. The van der Waals surface area contributed by atoms with Crippen molar-refractivity contribution in [2.24, 2.45) is 0 Å². The lowest BCUT2D eigenvalue weighted by atomic mass is 10.0. The molecule has 8 aromatic carbocycles. The normalized spacial score (nSPS) is 12.0. The van der Waals surface area contributed by atoms with Crippen molar-refractivity contribution in [3.8, 4) is 33.6 Å². The molecular weight excluding hydrogens is 669 g/mol. The molecule has 12 aromatic rings. The average Bonchev–Trinajstić information content (AvgIpc) is 3.92. The Morgan fingerprint density at radius 3 is 1.67 bits per heavy atom. The van der Waals surface area contributed by atoms with E-state index in [0.29, 0.717) is 0 Å². The third-order valence-corrected chi connectivity index (χ3v) is 11.4. The predicted molar refractivity (Wildman–Crippen MR) is 230 cm³/mol. The molecule has 4 aromatic heterocycles. The molecule has 4 heteroatoms. The third-order valence-electron chi connectivity index (χ3n) is 11.4. The fourth-order valence-corrected chi connectivity index (χ4v) is 8.98. The van der Waals surface area contributed by atoms with E-state index in [1.54, 1.807) is 0 Å². The van der Waals surface area contributed by atoms with Crippen LogP contribution in [-0.4, -0.2) is 18.5 Å². The molecule has 0 fully saturated rings. The van der Waals surface area contributed by atoms with Crippen LogP contribution in [0, 0.1) is 0 Å². The standard InChI is InChI=1S/C51H32N4/c1-3-14-33(15-4-1)34-16-13-19-38(30-34)54-47-29-27-36(35-26-28-46-42(31-35)39-20-9-11-24-45(39)53(46)37-17-5-2-6-18-37)32-43(47)50-49(54)40-21-7-8-22-41(40)51-52-44-23-10-12-25-48(44)55(50)51/h1-32H. The van der Waals surface area contributed by atoms with E-state index < -0.39 is 0 Å². The highest BCUT2D eigenvalue weighted by atomic mass is 15.1. The molecule has 0 amide bonds. The van der Waals surface area contributed by atoms with Crippen molar-refractivity contribution in [3.05, 3.63) is 194 Å². The molecule has 0 aliphatic rings. The van der Waals surface area contributed by atoms with Gasteiger partial charge in [0, 0.05) is 38.3 Å². The van der Waals surface area contributed by atoms with Crippen LogP contribution in [0.5, 0.6) is 0 Å². The molecule has 0 aliphatic carbocycles. The Balaban J connectivity index is 1.18. The molecule has 0 bridgehead atoms. The van der Waals surface area contributed by atoms with Crippen molar-refractivity contribution in [3.63, 3.8) is 0 Å². The minimum Gasteiger partial charge on any atom is -0.309 e. The Morgan fingerprint density at radius 1 is 0.309 bits per heavy atom. The van der Waals surface area contributed by atoms with Gasteiger partial charge in [-0.15, -0.1) is 0 Å². The fraction of sp³-hybridized carbons (Fsp3) is 0. The lowest BCUT2D eigenvalue weighted by Gasteiger charge is -2.13. The van der Waals surface area contributed by atoms with E-state index in [1.165, 1.54) is 60.3 Å². The number of nitrogens with zero attached hydrogens (tertiary/aromatic N) is 4. The lowest BCUT2D eigenvalue weighted by Crippen LogP contribution is -1.97. The molecule has 55 heavy (non-hydrogen) atoms. The summed E-state index contributed by atoms with van der Waals surface area (Å²) in [5, 5.41) is 5.99. The van der Waals surface area contributed by atoms with E-state index in [2.05, 4.69) is 208 Å². The molecule has 0 N–H and O–H groups in total. The molecule has 0 aliphatic heterocycles. The van der Waals surface area contributed by atoms with Gasteiger partial charge in [-0.2, -0.15) is 0 Å². The zero-order valence-electron chi connectivity index (χ0n) is 29.8. The summed E-state index contributed by atoms with van der Waals surface area (Å²) >= 11 is 0. The van der Waals surface area contributed by atoms with E-state index in [0.717, 1.165) is 44.5 Å². The first-order valence-corrected chi connectivity index (χ1v) is 18.8. The van der Waals surface area contributed by atoms with Gasteiger partial charge in [-0.3, -0.25) is 4.40 Å². The van der Waals surface area contributed by atoms with Crippen molar-refractivity contribution in [1.29, 1.82) is 0 Å². The molecule has 0 radical (unpaired) electrons. The monoisotopic (exact) mass is 700 g/mol. The van der Waals surface area contributed by atoms with E-state index in [-0.39, 0.29) is 0 Å². The lowest BCUT2D eigenvalue weighted by molar-refractivity contribution is 1.18. The summed E-state index contributed by atoms with van der Waals surface area (Å²) in [6.45, 7) is 0. The van der Waals surface area contributed by atoms with Gasteiger partial charge >= 0.3 is 0 Å². The van der Waals surface area contributed by atoms with Crippen LogP contribution >= 0.6 is 0 Å². The molecule has 0 unspecified atom stereocenters. The maximum absolute atomic E-state index is 5.26. The van der Waals surface area contributed by atoms with Crippen molar-refractivity contribution >= 4 is 71.2 Å². The van der Waals surface area contributed by atoms with Crippen LogP contribution in [-0.2, 0) is 0 Å². The van der Waals surface area contributed by atoms with Crippen LogP contribution in [0.1, 0.15) is 0 Å². The Hall–Kier alpha value is -7.43. The molecule has 0 spiro atoms. The second-order valence-corrected chi connectivity index (χ2v) is 14.4.